The highest BCUT2D eigenvalue weighted by atomic mass is 35.5. The zero-order valence-electron chi connectivity index (χ0n) is 12.1. The third-order valence-corrected chi connectivity index (χ3v) is 4.90. The number of fused-ring (bicyclic) bond motifs is 1. The van der Waals surface area contributed by atoms with E-state index in [1.165, 1.54) is 25.7 Å². The first-order chi connectivity index (χ1) is 10.2. The Kier molecular flexibility index (Phi) is 2.97. The van der Waals surface area contributed by atoms with E-state index in [1.54, 1.807) is 0 Å². The maximum atomic E-state index is 9.18. The lowest BCUT2D eigenvalue weighted by Crippen LogP contribution is -2.16. The van der Waals surface area contributed by atoms with Crippen molar-refractivity contribution in [2.45, 2.75) is 44.0 Å². The van der Waals surface area contributed by atoms with Gasteiger partial charge in [-0.3, -0.25) is 0 Å². The van der Waals surface area contributed by atoms with Gasteiger partial charge in [-0.2, -0.15) is 5.26 Å². The monoisotopic (exact) mass is 299 g/mol. The van der Waals surface area contributed by atoms with Crippen LogP contribution in [0, 0.1) is 23.2 Å². The smallest absolute Gasteiger partial charge is 0.127 e. The lowest BCUT2D eigenvalue weighted by molar-refractivity contribution is 0.392. The topological polar surface area (TPSA) is 41.6 Å². The molecule has 1 unspecified atom stereocenters. The molecule has 0 saturated heterocycles. The van der Waals surface area contributed by atoms with Crippen LogP contribution in [0.1, 0.15) is 55.4 Å². The molecule has 0 amide bonds. The number of halogens is 1. The fourth-order valence-corrected chi connectivity index (χ4v) is 3.61. The maximum Gasteiger partial charge on any atom is 0.127 e. The molecule has 0 aliphatic heterocycles. The van der Waals surface area contributed by atoms with Gasteiger partial charge < -0.3 is 4.57 Å². The van der Waals surface area contributed by atoms with Crippen LogP contribution in [-0.2, 0) is 0 Å². The summed E-state index contributed by atoms with van der Waals surface area (Å²) in [6.45, 7) is 1.99. The summed E-state index contributed by atoms with van der Waals surface area (Å²) in [5.74, 6) is 2.51. The molecule has 0 N–H and O–H groups in total. The summed E-state index contributed by atoms with van der Waals surface area (Å²) < 4.78 is 2.36. The summed E-state index contributed by atoms with van der Waals surface area (Å²) in [4.78, 5) is 4.75. The lowest BCUT2D eigenvalue weighted by atomic mass is 10.1. The van der Waals surface area contributed by atoms with Crippen molar-refractivity contribution in [2.75, 3.05) is 0 Å². The highest BCUT2D eigenvalue weighted by Gasteiger charge is 2.44. The van der Waals surface area contributed by atoms with E-state index in [0.717, 1.165) is 28.7 Å². The Morgan fingerprint density at radius 3 is 2.48 bits per heavy atom. The minimum absolute atomic E-state index is 0.108. The quantitative estimate of drug-likeness (QED) is 0.776. The minimum atomic E-state index is -0.108. The SMILES string of the molecule is CC(Cl)c1nc2ccc(C#N)cc2n1C(C1CC1)C1CC1. The second kappa shape index (κ2) is 4.74. The minimum Gasteiger partial charge on any atom is -0.323 e. The lowest BCUT2D eigenvalue weighted by Gasteiger charge is -2.22. The molecule has 1 heterocycles. The molecular weight excluding hydrogens is 282 g/mol. The molecule has 0 bridgehead atoms. The number of alkyl halides is 1. The number of imidazole rings is 1. The van der Waals surface area contributed by atoms with Crippen molar-refractivity contribution in [1.29, 1.82) is 5.26 Å². The number of aromatic nitrogens is 2. The predicted octanol–water partition coefficient (Wildman–Crippen LogP) is 4.57. The highest BCUT2D eigenvalue weighted by molar-refractivity contribution is 6.20. The molecule has 0 spiro atoms. The number of hydrogen-bond acceptors (Lipinski definition) is 2. The molecule has 4 rings (SSSR count). The average molecular weight is 300 g/mol. The van der Waals surface area contributed by atoms with Crippen LogP contribution in [-0.4, -0.2) is 9.55 Å². The molecular formula is C17H18ClN3. The van der Waals surface area contributed by atoms with Crippen molar-refractivity contribution in [3.63, 3.8) is 0 Å². The van der Waals surface area contributed by atoms with Crippen molar-refractivity contribution >= 4 is 22.6 Å². The van der Waals surface area contributed by atoms with Gasteiger partial charge in [0.2, 0.25) is 0 Å². The molecule has 4 heteroatoms. The van der Waals surface area contributed by atoms with Gasteiger partial charge in [-0.05, 0) is 62.6 Å². The molecule has 108 valence electrons. The van der Waals surface area contributed by atoms with E-state index in [2.05, 4.69) is 10.6 Å². The molecule has 3 nitrogen and oxygen atoms in total. The van der Waals surface area contributed by atoms with Gasteiger partial charge in [-0.15, -0.1) is 11.6 Å². The summed E-state index contributed by atoms with van der Waals surface area (Å²) in [5.41, 5.74) is 2.74. The Morgan fingerprint density at radius 2 is 1.95 bits per heavy atom. The highest BCUT2D eigenvalue weighted by Crippen LogP contribution is 2.53. The van der Waals surface area contributed by atoms with E-state index in [4.69, 9.17) is 16.6 Å². The first-order valence-corrected chi connectivity index (χ1v) is 8.18. The number of nitriles is 1. The number of benzene rings is 1. The number of rotatable bonds is 4. The largest absolute Gasteiger partial charge is 0.323 e. The molecule has 2 saturated carbocycles. The molecule has 2 aliphatic rings. The van der Waals surface area contributed by atoms with Crippen LogP contribution in [0.15, 0.2) is 18.2 Å². The second-order valence-electron chi connectivity index (χ2n) is 6.44. The standard InChI is InChI=1S/C17H18ClN3/c1-10(18)17-20-14-7-2-11(9-19)8-15(14)21(17)16(12-3-4-12)13-5-6-13/h2,7-8,10,12-13,16H,3-6H2,1H3. The molecule has 2 fully saturated rings. The van der Waals surface area contributed by atoms with E-state index >= 15 is 0 Å². The van der Waals surface area contributed by atoms with E-state index in [-0.39, 0.29) is 5.38 Å². The van der Waals surface area contributed by atoms with Crippen molar-refractivity contribution in [2.24, 2.45) is 11.8 Å². The van der Waals surface area contributed by atoms with Crippen molar-refractivity contribution in [3.05, 3.63) is 29.6 Å². The molecule has 1 aromatic carbocycles. The van der Waals surface area contributed by atoms with Crippen LogP contribution in [0.4, 0.5) is 0 Å². The zero-order chi connectivity index (χ0) is 14.6. The van der Waals surface area contributed by atoms with Gasteiger partial charge in [-0.1, -0.05) is 0 Å². The summed E-state index contributed by atoms with van der Waals surface area (Å²) in [6.07, 6.45) is 5.26. The fraction of sp³-hybridized carbons (Fsp3) is 0.529. The van der Waals surface area contributed by atoms with Gasteiger partial charge >= 0.3 is 0 Å². The second-order valence-corrected chi connectivity index (χ2v) is 7.09. The van der Waals surface area contributed by atoms with Gasteiger partial charge in [0, 0.05) is 6.04 Å². The Hall–Kier alpha value is -1.53. The summed E-state index contributed by atoms with van der Waals surface area (Å²) in [6, 6.07) is 8.53. The zero-order valence-corrected chi connectivity index (χ0v) is 12.8. The van der Waals surface area contributed by atoms with Crippen LogP contribution in [0.2, 0.25) is 0 Å². The maximum absolute atomic E-state index is 9.18. The number of nitrogens with zero attached hydrogens (tertiary/aromatic N) is 3. The normalized spacial score (nSPS) is 19.9. The van der Waals surface area contributed by atoms with E-state index in [1.807, 2.05) is 25.1 Å². The Bertz CT molecular complexity index is 720. The molecule has 1 atom stereocenters. The molecule has 1 aromatic heterocycles. The average Bonchev–Trinajstić information content (AvgIpc) is 3.37. The van der Waals surface area contributed by atoms with Crippen molar-refractivity contribution < 1.29 is 0 Å². The molecule has 2 aromatic rings. The Labute approximate surface area is 129 Å². The van der Waals surface area contributed by atoms with Crippen molar-refractivity contribution in [1.82, 2.24) is 9.55 Å². The van der Waals surface area contributed by atoms with Crippen LogP contribution in [0.3, 0.4) is 0 Å². The van der Waals surface area contributed by atoms with Crippen LogP contribution < -0.4 is 0 Å². The summed E-state index contributed by atoms with van der Waals surface area (Å²) in [7, 11) is 0. The van der Waals surface area contributed by atoms with Gasteiger partial charge in [0.1, 0.15) is 5.82 Å². The first-order valence-electron chi connectivity index (χ1n) is 7.75. The molecule has 2 aliphatic carbocycles. The van der Waals surface area contributed by atoms with E-state index in [9.17, 15) is 5.26 Å². The van der Waals surface area contributed by atoms with E-state index < -0.39 is 0 Å². The Balaban J connectivity index is 1.94. The first kappa shape index (κ1) is 13.2. The van der Waals surface area contributed by atoms with E-state index in [0.29, 0.717) is 11.6 Å². The summed E-state index contributed by atoms with van der Waals surface area (Å²) >= 11 is 6.40. The van der Waals surface area contributed by atoms with Crippen LogP contribution >= 0.6 is 11.6 Å². The third kappa shape index (κ3) is 2.22. The predicted molar refractivity (Wildman–Crippen MR) is 83.2 cm³/mol. The van der Waals surface area contributed by atoms with Gasteiger partial charge in [-0.25, -0.2) is 4.98 Å². The molecule has 0 radical (unpaired) electrons. The number of hydrogen-bond donors (Lipinski definition) is 0. The third-order valence-electron chi connectivity index (χ3n) is 4.71. The van der Waals surface area contributed by atoms with Gasteiger partial charge in [0.05, 0.1) is 28.0 Å². The van der Waals surface area contributed by atoms with Gasteiger partial charge in [0.25, 0.3) is 0 Å². The van der Waals surface area contributed by atoms with Crippen molar-refractivity contribution in [3.8, 4) is 6.07 Å². The summed E-state index contributed by atoms with van der Waals surface area (Å²) in [5, 5.41) is 9.07. The van der Waals surface area contributed by atoms with Crippen LogP contribution in [0.25, 0.3) is 11.0 Å². The van der Waals surface area contributed by atoms with Gasteiger partial charge in [0.15, 0.2) is 0 Å². The molecule has 21 heavy (non-hydrogen) atoms. The fourth-order valence-electron chi connectivity index (χ4n) is 3.46. The Morgan fingerprint density at radius 1 is 1.29 bits per heavy atom. The van der Waals surface area contributed by atoms with Crippen LogP contribution in [0.5, 0.6) is 0 Å².